The smallest absolute Gasteiger partial charge is 0.335 e. The number of aromatic nitrogens is 4. The van der Waals surface area contributed by atoms with Crippen molar-refractivity contribution in [3.05, 3.63) is 54.5 Å². The number of rotatable bonds is 5. The molecule has 0 radical (unpaired) electrons. The van der Waals surface area contributed by atoms with Gasteiger partial charge in [0.05, 0.1) is 18.0 Å². The molecular weight excluding hydrogens is 310 g/mol. The van der Waals surface area contributed by atoms with Crippen LogP contribution in [0.15, 0.2) is 48.9 Å². The summed E-state index contributed by atoms with van der Waals surface area (Å²) >= 11 is 0. The van der Waals surface area contributed by atoms with Crippen molar-refractivity contribution < 1.29 is 14.7 Å². The summed E-state index contributed by atoms with van der Waals surface area (Å²) in [5, 5.41) is 19.9. The average Bonchev–Trinajstić information content (AvgIpc) is 3.17. The first-order valence-corrected chi connectivity index (χ1v) is 7.17. The summed E-state index contributed by atoms with van der Waals surface area (Å²) in [7, 11) is 1.73. The van der Waals surface area contributed by atoms with Gasteiger partial charge in [0.2, 0.25) is 5.91 Å². The van der Waals surface area contributed by atoms with Crippen molar-refractivity contribution >= 4 is 17.7 Å². The molecule has 3 aromatic rings. The number of carbonyl (C=O) groups excluding carboxylic acids is 1. The summed E-state index contributed by atoms with van der Waals surface area (Å²) in [6.07, 6.45) is 4.89. The molecular formula is C16H15N5O3. The molecule has 3 rings (SSSR count). The van der Waals surface area contributed by atoms with Gasteiger partial charge in [-0.05, 0) is 17.7 Å². The lowest BCUT2D eigenvalue weighted by molar-refractivity contribution is -0.116. The van der Waals surface area contributed by atoms with Crippen LogP contribution < -0.4 is 5.32 Å². The van der Waals surface area contributed by atoms with Crippen LogP contribution in [-0.2, 0) is 18.4 Å². The van der Waals surface area contributed by atoms with Gasteiger partial charge in [0.15, 0.2) is 0 Å². The number of carboxylic acid groups (broad SMARTS) is 1. The van der Waals surface area contributed by atoms with Crippen molar-refractivity contribution in [1.82, 2.24) is 19.6 Å². The van der Waals surface area contributed by atoms with E-state index in [1.54, 1.807) is 54.6 Å². The molecule has 0 aliphatic carbocycles. The SMILES string of the molecule is Cn1nccc1NC(=O)Cn1cc(-c2cccc(C(=O)O)c2)cn1. The van der Waals surface area contributed by atoms with Crippen LogP contribution >= 0.6 is 0 Å². The Morgan fingerprint density at radius 2 is 2.04 bits per heavy atom. The normalized spacial score (nSPS) is 10.5. The highest BCUT2D eigenvalue weighted by Gasteiger charge is 2.10. The minimum atomic E-state index is -0.986. The number of anilines is 1. The molecule has 0 unspecified atom stereocenters. The van der Waals surface area contributed by atoms with Gasteiger partial charge < -0.3 is 10.4 Å². The third-order valence-corrected chi connectivity index (χ3v) is 3.47. The van der Waals surface area contributed by atoms with Gasteiger partial charge >= 0.3 is 5.97 Å². The molecule has 8 nitrogen and oxygen atoms in total. The quantitative estimate of drug-likeness (QED) is 0.742. The fourth-order valence-corrected chi connectivity index (χ4v) is 2.26. The highest BCUT2D eigenvalue weighted by Crippen LogP contribution is 2.20. The van der Waals surface area contributed by atoms with Crippen molar-refractivity contribution in [3.8, 4) is 11.1 Å². The number of amides is 1. The third kappa shape index (κ3) is 3.32. The topological polar surface area (TPSA) is 102 Å². The van der Waals surface area contributed by atoms with E-state index in [0.717, 1.165) is 11.1 Å². The number of aromatic carboxylic acids is 1. The second-order valence-electron chi connectivity index (χ2n) is 5.20. The lowest BCUT2D eigenvalue weighted by Gasteiger charge is -2.05. The molecule has 1 amide bonds. The predicted octanol–water partition coefficient (Wildman–Crippen LogP) is 1.62. The Labute approximate surface area is 137 Å². The zero-order chi connectivity index (χ0) is 17.1. The van der Waals surface area contributed by atoms with Gasteiger partial charge in [-0.15, -0.1) is 0 Å². The Morgan fingerprint density at radius 1 is 1.21 bits per heavy atom. The molecule has 1 aromatic carbocycles. The highest BCUT2D eigenvalue weighted by molar-refractivity contribution is 5.90. The molecule has 0 fully saturated rings. The second kappa shape index (κ2) is 6.37. The van der Waals surface area contributed by atoms with Crippen LogP contribution in [0.4, 0.5) is 5.82 Å². The standard InChI is InChI=1S/C16H15N5O3/c1-20-14(5-6-17-20)19-15(22)10-21-9-13(8-18-21)11-3-2-4-12(7-11)16(23)24/h2-9H,10H2,1H3,(H,19,22)(H,23,24). The maximum absolute atomic E-state index is 12.0. The van der Waals surface area contributed by atoms with E-state index in [2.05, 4.69) is 15.5 Å². The van der Waals surface area contributed by atoms with Crippen LogP contribution in [0.5, 0.6) is 0 Å². The van der Waals surface area contributed by atoms with Gasteiger partial charge in [-0.25, -0.2) is 4.79 Å². The van der Waals surface area contributed by atoms with Crippen molar-refractivity contribution in [1.29, 1.82) is 0 Å². The Hall–Kier alpha value is -3.42. The van der Waals surface area contributed by atoms with Crippen LogP contribution in [0.1, 0.15) is 10.4 Å². The predicted molar refractivity (Wildman–Crippen MR) is 86.5 cm³/mol. The minimum absolute atomic E-state index is 0.0454. The number of hydrogen-bond donors (Lipinski definition) is 2. The first-order valence-electron chi connectivity index (χ1n) is 7.17. The number of aryl methyl sites for hydroxylation is 1. The van der Waals surface area contributed by atoms with E-state index in [-0.39, 0.29) is 18.0 Å². The van der Waals surface area contributed by atoms with Crippen LogP contribution in [0, 0.1) is 0 Å². The molecule has 2 N–H and O–H groups in total. The first kappa shape index (κ1) is 15.5. The van der Waals surface area contributed by atoms with E-state index in [1.807, 2.05) is 0 Å². The number of carboxylic acids is 1. The largest absolute Gasteiger partial charge is 0.478 e. The Bertz CT molecular complexity index is 897. The first-order chi connectivity index (χ1) is 11.5. The van der Waals surface area contributed by atoms with Gasteiger partial charge in [-0.3, -0.25) is 14.2 Å². The Morgan fingerprint density at radius 3 is 2.75 bits per heavy atom. The van der Waals surface area contributed by atoms with Gasteiger partial charge in [-0.2, -0.15) is 10.2 Å². The van der Waals surface area contributed by atoms with Crippen molar-refractivity contribution in [3.63, 3.8) is 0 Å². The molecule has 0 spiro atoms. The molecule has 0 aliphatic heterocycles. The highest BCUT2D eigenvalue weighted by atomic mass is 16.4. The van der Waals surface area contributed by atoms with E-state index >= 15 is 0 Å². The molecule has 122 valence electrons. The van der Waals surface area contributed by atoms with Gasteiger partial charge in [0.1, 0.15) is 12.4 Å². The van der Waals surface area contributed by atoms with E-state index in [0.29, 0.717) is 5.82 Å². The molecule has 0 aliphatic rings. The van der Waals surface area contributed by atoms with E-state index < -0.39 is 5.97 Å². The third-order valence-electron chi connectivity index (χ3n) is 3.47. The van der Waals surface area contributed by atoms with Gasteiger partial charge in [0.25, 0.3) is 0 Å². The summed E-state index contributed by atoms with van der Waals surface area (Å²) in [5.74, 6) is -0.617. The lowest BCUT2D eigenvalue weighted by Crippen LogP contribution is -2.20. The van der Waals surface area contributed by atoms with E-state index in [4.69, 9.17) is 5.11 Å². The number of carbonyl (C=O) groups is 2. The molecule has 24 heavy (non-hydrogen) atoms. The van der Waals surface area contributed by atoms with Crippen LogP contribution in [0.3, 0.4) is 0 Å². The van der Waals surface area contributed by atoms with Gasteiger partial charge in [-0.1, -0.05) is 12.1 Å². The molecule has 2 heterocycles. The summed E-state index contributed by atoms with van der Waals surface area (Å²) in [5.41, 5.74) is 1.67. The van der Waals surface area contributed by atoms with E-state index in [9.17, 15) is 9.59 Å². The lowest BCUT2D eigenvalue weighted by atomic mass is 10.1. The Kier molecular flexibility index (Phi) is 4.11. The van der Waals surface area contributed by atoms with Crippen molar-refractivity contribution in [2.24, 2.45) is 7.05 Å². The number of nitrogens with one attached hydrogen (secondary N) is 1. The second-order valence-corrected chi connectivity index (χ2v) is 5.20. The number of hydrogen-bond acceptors (Lipinski definition) is 4. The monoisotopic (exact) mass is 325 g/mol. The van der Waals surface area contributed by atoms with Crippen LogP contribution in [0.2, 0.25) is 0 Å². The molecule has 0 saturated heterocycles. The number of nitrogens with zero attached hydrogens (tertiary/aromatic N) is 4. The zero-order valence-electron chi connectivity index (χ0n) is 12.9. The summed E-state index contributed by atoms with van der Waals surface area (Å²) in [6, 6.07) is 8.26. The van der Waals surface area contributed by atoms with Crippen molar-refractivity contribution in [2.75, 3.05) is 5.32 Å². The minimum Gasteiger partial charge on any atom is -0.478 e. The molecule has 0 atom stereocenters. The molecule has 0 bridgehead atoms. The maximum Gasteiger partial charge on any atom is 0.335 e. The fourth-order valence-electron chi connectivity index (χ4n) is 2.26. The summed E-state index contributed by atoms with van der Waals surface area (Å²) in [6.45, 7) is 0.0454. The maximum atomic E-state index is 12.0. The number of benzene rings is 1. The summed E-state index contributed by atoms with van der Waals surface area (Å²) in [4.78, 5) is 23.1. The fraction of sp³-hybridized carbons (Fsp3) is 0.125. The molecule has 0 saturated carbocycles. The molecule has 2 aromatic heterocycles. The summed E-state index contributed by atoms with van der Waals surface area (Å²) < 4.78 is 3.05. The van der Waals surface area contributed by atoms with Crippen molar-refractivity contribution in [2.45, 2.75) is 6.54 Å². The van der Waals surface area contributed by atoms with Crippen LogP contribution in [0.25, 0.3) is 11.1 Å². The Balaban J connectivity index is 1.71. The molecule has 8 heteroatoms. The average molecular weight is 325 g/mol. The zero-order valence-corrected chi connectivity index (χ0v) is 12.9. The van der Waals surface area contributed by atoms with Gasteiger partial charge in [0, 0.05) is 24.9 Å². The van der Waals surface area contributed by atoms with E-state index in [1.165, 1.54) is 10.7 Å². The van der Waals surface area contributed by atoms with Crippen LogP contribution in [-0.4, -0.2) is 36.5 Å².